The highest BCUT2D eigenvalue weighted by Gasteiger charge is 2.22. The maximum atomic E-state index is 11.5. The van der Waals surface area contributed by atoms with Crippen LogP contribution in [0.5, 0.6) is 0 Å². The lowest BCUT2D eigenvalue weighted by Gasteiger charge is -2.32. The standard InChI is InChI=1S/C15H24N4O/c1-16-15(20)11-19-8-4-5-13(10-19)12-6-7-17-14(9-12)18(2)3/h6-7,9,13H,4-5,8,10-11H2,1-3H3,(H,16,20)/t13-/m1/s1. The van der Waals surface area contributed by atoms with Gasteiger partial charge in [-0.25, -0.2) is 4.98 Å². The van der Waals surface area contributed by atoms with Crippen LogP contribution in [0.1, 0.15) is 24.3 Å². The summed E-state index contributed by atoms with van der Waals surface area (Å²) in [5.74, 6) is 1.58. The number of nitrogens with zero attached hydrogens (tertiary/aromatic N) is 3. The van der Waals surface area contributed by atoms with Crippen LogP contribution in [-0.4, -0.2) is 56.6 Å². The zero-order valence-corrected chi connectivity index (χ0v) is 12.6. The van der Waals surface area contributed by atoms with E-state index in [-0.39, 0.29) is 5.91 Å². The number of pyridine rings is 1. The molecule has 0 radical (unpaired) electrons. The van der Waals surface area contributed by atoms with E-state index in [4.69, 9.17) is 0 Å². The van der Waals surface area contributed by atoms with Crippen molar-refractivity contribution >= 4 is 11.7 Å². The van der Waals surface area contributed by atoms with Crippen LogP contribution in [0.15, 0.2) is 18.3 Å². The number of anilines is 1. The lowest BCUT2D eigenvalue weighted by molar-refractivity contribution is -0.122. The van der Waals surface area contributed by atoms with Crippen LogP contribution in [-0.2, 0) is 4.79 Å². The summed E-state index contributed by atoms with van der Waals surface area (Å²) in [4.78, 5) is 20.1. The molecular weight excluding hydrogens is 252 g/mol. The molecule has 20 heavy (non-hydrogen) atoms. The van der Waals surface area contributed by atoms with E-state index in [0.717, 1.165) is 25.3 Å². The molecule has 2 heterocycles. The van der Waals surface area contributed by atoms with Crippen LogP contribution in [0.25, 0.3) is 0 Å². The van der Waals surface area contributed by atoms with Gasteiger partial charge < -0.3 is 10.2 Å². The smallest absolute Gasteiger partial charge is 0.233 e. The number of likely N-dealkylation sites (N-methyl/N-ethyl adjacent to an activating group) is 1. The van der Waals surface area contributed by atoms with Gasteiger partial charge >= 0.3 is 0 Å². The van der Waals surface area contributed by atoms with E-state index in [0.29, 0.717) is 12.5 Å². The van der Waals surface area contributed by atoms with Gasteiger partial charge in [-0.05, 0) is 43.0 Å². The van der Waals surface area contributed by atoms with Crippen molar-refractivity contribution in [2.24, 2.45) is 0 Å². The Hall–Kier alpha value is -1.62. The minimum atomic E-state index is 0.0920. The molecule has 1 aromatic heterocycles. The summed E-state index contributed by atoms with van der Waals surface area (Å²) in [7, 11) is 5.70. The zero-order chi connectivity index (χ0) is 14.5. The Labute approximate surface area is 121 Å². The molecule has 1 aliphatic heterocycles. The van der Waals surface area contributed by atoms with E-state index in [1.165, 1.54) is 12.0 Å². The Kier molecular flexibility index (Phi) is 4.95. The fourth-order valence-electron chi connectivity index (χ4n) is 2.69. The average Bonchev–Trinajstić information content (AvgIpc) is 2.47. The Morgan fingerprint density at radius 1 is 1.55 bits per heavy atom. The Morgan fingerprint density at radius 3 is 3.05 bits per heavy atom. The van der Waals surface area contributed by atoms with Crippen LogP contribution in [0.3, 0.4) is 0 Å². The van der Waals surface area contributed by atoms with Gasteiger partial charge in [-0.2, -0.15) is 0 Å². The molecule has 5 nitrogen and oxygen atoms in total. The molecule has 1 atom stereocenters. The summed E-state index contributed by atoms with van der Waals surface area (Å²) in [5, 5.41) is 2.69. The number of piperidine rings is 1. The van der Waals surface area contributed by atoms with Crippen molar-refractivity contribution in [3.05, 3.63) is 23.9 Å². The molecule has 2 rings (SSSR count). The lowest BCUT2D eigenvalue weighted by atomic mass is 9.91. The highest BCUT2D eigenvalue weighted by Crippen LogP contribution is 2.28. The van der Waals surface area contributed by atoms with Crippen LogP contribution in [0.4, 0.5) is 5.82 Å². The molecule has 0 saturated carbocycles. The Morgan fingerprint density at radius 2 is 2.35 bits per heavy atom. The molecule has 5 heteroatoms. The largest absolute Gasteiger partial charge is 0.363 e. The SMILES string of the molecule is CNC(=O)CN1CCC[C@@H](c2ccnc(N(C)C)c2)C1. The van der Waals surface area contributed by atoms with Crippen molar-refractivity contribution in [3.63, 3.8) is 0 Å². The second kappa shape index (κ2) is 6.70. The van der Waals surface area contributed by atoms with E-state index in [2.05, 4.69) is 27.3 Å². The second-order valence-corrected chi connectivity index (χ2v) is 5.59. The lowest BCUT2D eigenvalue weighted by Crippen LogP contribution is -2.41. The van der Waals surface area contributed by atoms with Gasteiger partial charge in [0.05, 0.1) is 6.54 Å². The zero-order valence-electron chi connectivity index (χ0n) is 12.6. The fraction of sp³-hybridized carbons (Fsp3) is 0.600. The number of nitrogens with one attached hydrogen (secondary N) is 1. The molecule has 1 fully saturated rings. The number of likely N-dealkylation sites (tertiary alicyclic amines) is 1. The van der Waals surface area contributed by atoms with Gasteiger partial charge in [-0.3, -0.25) is 9.69 Å². The van der Waals surface area contributed by atoms with E-state index in [1.807, 2.05) is 25.2 Å². The Bertz CT molecular complexity index is 461. The van der Waals surface area contributed by atoms with Gasteiger partial charge in [0.15, 0.2) is 0 Å². The van der Waals surface area contributed by atoms with Crippen molar-refractivity contribution < 1.29 is 4.79 Å². The third-order valence-electron chi connectivity index (χ3n) is 3.85. The number of aromatic nitrogens is 1. The van der Waals surface area contributed by atoms with Crippen LogP contribution < -0.4 is 10.2 Å². The highest BCUT2D eigenvalue weighted by molar-refractivity contribution is 5.77. The van der Waals surface area contributed by atoms with Gasteiger partial charge in [0, 0.05) is 33.9 Å². The van der Waals surface area contributed by atoms with Crippen molar-refractivity contribution in [2.45, 2.75) is 18.8 Å². The third kappa shape index (κ3) is 3.70. The maximum absolute atomic E-state index is 11.5. The van der Waals surface area contributed by atoms with Crippen LogP contribution in [0, 0.1) is 0 Å². The number of amides is 1. The predicted molar refractivity (Wildman–Crippen MR) is 81.0 cm³/mol. The summed E-state index contributed by atoms with van der Waals surface area (Å²) in [6, 6.07) is 4.26. The van der Waals surface area contributed by atoms with Gasteiger partial charge in [-0.1, -0.05) is 0 Å². The van der Waals surface area contributed by atoms with Crippen molar-refractivity contribution in [2.75, 3.05) is 45.7 Å². The molecule has 0 spiro atoms. The predicted octanol–water partition coefficient (Wildman–Crippen LogP) is 1.07. The number of hydrogen-bond donors (Lipinski definition) is 1. The van der Waals surface area contributed by atoms with Gasteiger partial charge in [0.2, 0.25) is 5.91 Å². The Balaban J connectivity index is 2.05. The van der Waals surface area contributed by atoms with Crippen LogP contribution >= 0.6 is 0 Å². The molecule has 1 aromatic rings. The molecule has 0 aliphatic carbocycles. The molecule has 0 aromatic carbocycles. The molecule has 1 N–H and O–H groups in total. The molecule has 0 unspecified atom stereocenters. The van der Waals surface area contributed by atoms with Crippen molar-refractivity contribution in [1.82, 2.24) is 15.2 Å². The monoisotopic (exact) mass is 276 g/mol. The number of rotatable bonds is 4. The summed E-state index contributed by atoms with van der Waals surface area (Å²) in [6.45, 7) is 2.46. The van der Waals surface area contributed by atoms with E-state index in [1.54, 1.807) is 7.05 Å². The van der Waals surface area contributed by atoms with Gasteiger partial charge in [0.25, 0.3) is 0 Å². The summed E-state index contributed by atoms with van der Waals surface area (Å²) in [5.41, 5.74) is 1.32. The molecule has 110 valence electrons. The number of hydrogen-bond acceptors (Lipinski definition) is 4. The normalized spacial score (nSPS) is 19.6. The summed E-state index contributed by atoms with van der Waals surface area (Å²) >= 11 is 0. The quantitative estimate of drug-likeness (QED) is 0.894. The first-order valence-corrected chi connectivity index (χ1v) is 7.16. The van der Waals surface area contributed by atoms with Gasteiger partial charge in [0.1, 0.15) is 5.82 Å². The fourth-order valence-corrected chi connectivity index (χ4v) is 2.69. The minimum absolute atomic E-state index is 0.0920. The van der Waals surface area contributed by atoms with E-state index in [9.17, 15) is 4.79 Å². The van der Waals surface area contributed by atoms with Crippen molar-refractivity contribution in [1.29, 1.82) is 0 Å². The molecular formula is C15H24N4O. The van der Waals surface area contributed by atoms with E-state index < -0.39 is 0 Å². The average molecular weight is 276 g/mol. The first kappa shape index (κ1) is 14.8. The topological polar surface area (TPSA) is 48.5 Å². The third-order valence-corrected chi connectivity index (χ3v) is 3.85. The maximum Gasteiger partial charge on any atom is 0.233 e. The van der Waals surface area contributed by atoms with E-state index >= 15 is 0 Å². The summed E-state index contributed by atoms with van der Waals surface area (Å²) < 4.78 is 0. The molecule has 1 amide bonds. The molecule has 0 bridgehead atoms. The first-order valence-electron chi connectivity index (χ1n) is 7.16. The molecule has 1 aliphatic rings. The highest BCUT2D eigenvalue weighted by atomic mass is 16.1. The second-order valence-electron chi connectivity index (χ2n) is 5.59. The van der Waals surface area contributed by atoms with Crippen LogP contribution in [0.2, 0.25) is 0 Å². The first-order chi connectivity index (χ1) is 9.60. The summed E-state index contributed by atoms with van der Waals surface area (Å²) in [6.07, 6.45) is 4.20. The number of carbonyl (C=O) groups is 1. The minimum Gasteiger partial charge on any atom is -0.363 e. The van der Waals surface area contributed by atoms with Crippen molar-refractivity contribution in [3.8, 4) is 0 Å². The van der Waals surface area contributed by atoms with Gasteiger partial charge in [-0.15, -0.1) is 0 Å². The molecule has 1 saturated heterocycles. The number of carbonyl (C=O) groups excluding carboxylic acids is 1.